The first kappa shape index (κ1) is 27.8. The van der Waals surface area contributed by atoms with Gasteiger partial charge in [-0.05, 0) is 53.1 Å². The van der Waals surface area contributed by atoms with Crippen LogP contribution < -0.4 is 9.47 Å². The van der Waals surface area contributed by atoms with Gasteiger partial charge in [0.25, 0.3) is 5.91 Å². The lowest BCUT2D eigenvalue weighted by atomic mass is 9.97. The highest BCUT2D eigenvalue weighted by molar-refractivity contribution is 9.10. The third-order valence-electron chi connectivity index (χ3n) is 6.53. The molecule has 1 aliphatic rings. The highest BCUT2D eigenvalue weighted by atomic mass is 79.9. The van der Waals surface area contributed by atoms with E-state index < -0.39 is 5.97 Å². The van der Waals surface area contributed by atoms with E-state index in [4.69, 9.17) is 14.6 Å². The zero-order valence-corrected chi connectivity index (χ0v) is 23.9. The van der Waals surface area contributed by atoms with Crippen LogP contribution in [0.2, 0.25) is 0 Å². The largest absolute Gasteiger partial charge is 0.497 e. The van der Waals surface area contributed by atoms with Gasteiger partial charge >= 0.3 is 5.97 Å². The van der Waals surface area contributed by atoms with Crippen molar-refractivity contribution in [1.82, 2.24) is 5.01 Å². The highest BCUT2D eigenvalue weighted by Gasteiger charge is 2.33. The first-order valence-corrected chi connectivity index (χ1v) is 13.8. The van der Waals surface area contributed by atoms with Crippen LogP contribution in [0.3, 0.4) is 0 Å². The number of rotatable bonds is 8. The smallest absolute Gasteiger partial charge is 0.336 e. The molecule has 6 nitrogen and oxygen atoms in total. The summed E-state index contributed by atoms with van der Waals surface area (Å²) in [7, 11) is 1.55. The average molecular weight is 608 g/mol. The molecule has 1 unspecified atom stereocenters. The zero-order chi connectivity index (χ0) is 28.6. The molecule has 7 heteroatoms. The number of carbonyl (C=O) groups is 2. The van der Waals surface area contributed by atoms with Crippen LogP contribution in [0.25, 0.3) is 12.2 Å². The van der Waals surface area contributed by atoms with Crippen molar-refractivity contribution in [2.24, 2.45) is 5.10 Å². The molecular weight excluding hydrogens is 580 g/mol. The molecule has 0 fully saturated rings. The SMILES string of the molecule is COc1ccc(C2=NN(C(=O)C=Cc3ccccc3)C(c3ccc(Br)cc3)C2)c(OC(=O)C=Cc2ccccc2)c1. The van der Waals surface area contributed by atoms with Gasteiger partial charge in [-0.15, -0.1) is 0 Å². The Morgan fingerprint density at radius 3 is 2.12 bits per heavy atom. The molecule has 1 aliphatic heterocycles. The Morgan fingerprint density at radius 1 is 0.854 bits per heavy atom. The summed E-state index contributed by atoms with van der Waals surface area (Å²) in [5.41, 5.74) is 3.96. The molecule has 41 heavy (non-hydrogen) atoms. The third kappa shape index (κ3) is 7.07. The van der Waals surface area contributed by atoms with Crippen molar-refractivity contribution in [1.29, 1.82) is 0 Å². The molecule has 0 N–H and O–H groups in total. The number of hydrogen-bond donors (Lipinski definition) is 0. The van der Waals surface area contributed by atoms with Crippen molar-refractivity contribution in [3.63, 3.8) is 0 Å². The van der Waals surface area contributed by atoms with Crippen LogP contribution in [0.1, 0.15) is 34.7 Å². The van der Waals surface area contributed by atoms with Gasteiger partial charge in [0.2, 0.25) is 0 Å². The second-order valence-corrected chi connectivity index (χ2v) is 10.2. The fourth-order valence-corrected chi connectivity index (χ4v) is 4.72. The first-order valence-electron chi connectivity index (χ1n) is 13.0. The molecule has 1 heterocycles. The number of nitrogens with zero attached hydrogens (tertiary/aromatic N) is 2. The van der Waals surface area contributed by atoms with E-state index in [9.17, 15) is 9.59 Å². The summed E-state index contributed by atoms with van der Waals surface area (Å²) in [5.74, 6) is 0.0413. The molecule has 0 saturated heterocycles. The standard InChI is InChI=1S/C34H27BrN2O4/c1-40-28-18-19-29(32(22-28)41-34(39)21-13-25-10-6-3-7-11-25)30-23-31(26-14-16-27(35)17-15-26)37(36-30)33(38)20-12-24-8-4-2-5-9-24/h2-22,31H,23H2,1H3. The molecule has 0 aromatic heterocycles. The fraction of sp³-hybridized carbons (Fsp3) is 0.0882. The Balaban J connectivity index is 1.46. The van der Waals surface area contributed by atoms with Gasteiger partial charge in [-0.2, -0.15) is 5.10 Å². The van der Waals surface area contributed by atoms with Crippen molar-refractivity contribution < 1.29 is 19.1 Å². The van der Waals surface area contributed by atoms with Crippen molar-refractivity contribution in [3.05, 3.63) is 142 Å². The molecular formula is C34H27BrN2O4. The van der Waals surface area contributed by atoms with Crippen molar-refractivity contribution >= 4 is 45.7 Å². The van der Waals surface area contributed by atoms with E-state index in [1.165, 1.54) is 17.2 Å². The minimum atomic E-state index is -0.537. The summed E-state index contributed by atoms with van der Waals surface area (Å²) in [5, 5.41) is 6.24. The fourth-order valence-electron chi connectivity index (χ4n) is 4.45. The van der Waals surface area contributed by atoms with Crippen molar-refractivity contribution in [3.8, 4) is 11.5 Å². The van der Waals surface area contributed by atoms with Crippen LogP contribution in [0.5, 0.6) is 11.5 Å². The molecule has 1 atom stereocenters. The lowest BCUT2D eigenvalue weighted by Crippen LogP contribution is -2.25. The number of halogens is 1. The van der Waals surface area contributed by atoms with Gasteiger partial charge in [0, 0.05) is 34.7 Å². The Hall–Kier alpha value is -4.75. The lowest BCUT2D eigenvalue weighted by molar-refractivity contribution is -0.129. The van der Waals surface area contributed by atoms with Gasteiger partial charge in [0.15, 0.2) is 0 Å². The summed E-state index contributed by atoms with van der Waals surface area (Å²) < 4.78 is 12.1. The molecule has 5 rings (SSSR count). The highest BCUT2D eigenvalue weighted by Crippen LogP contribution is 2.37. The quantitative estimate of drug-likeness (QED) is 0.118. The summed E-state index contributed by atoms with van der Waals surface area (Å²) in [6, 6.07) is 31.8. The molecule has 4 aromatic rings. The second kappa shape index (κ2) is 13.1. The summed E-state index contributed by atoms with van der Waals surface area (Å²) in [6.45, 7) is 0. The maximum atomic E-state index is 13.4. The van der Waals surface area contributed by atoms with Crippen molar-refractivity contribution in [2.45, 2.75) is 12.5 Å². The van der Waals surface area contributed by atoms with Crippen LogP contribution in [0.4, 0.5) is 0 Å². The average Bonchev–Trinajstić information content (AvgIpc) is 3.45. The first-order chi connectivity index (χ1) is 20.0. The topological polar surface area (TPSA) is 68.2 Å². The lowest BCUT2D eigenvalue weighted by Gasteiger charge is -2.20. The predicted molar refractivity (Wildman–Crippen MR) is 164 cm³/mol. The molecule has 0 saturated carbocycles. The van der Waals surface area contributed by atoms with Gasteiger partial charge in [0.1, 0.15) is 11.5 Å². The van der Waals surface area contributed by atoms with Crippen LogP contribution in [0.15, 0.2) is 125 Å². The predicted octanol–water partition coefficient (Wildman–Crippen LogP) is 7.47. The van der Waals surface area contributed by atoms with Crippen LogP contribution in [-0.2, 0) is 9.59 Å². The third-order valence-corrected chi connectivity index (χ3v) is 7.06. The number of hydrazone groups is 1. The van der Waals surface area contributed by atoms with Gasteiger partial charge in [-0.1, -0.05) is 88.7 Å². The van der Waals surface area contributed by atoms with Crippen LogP contribution in [0, 0.1) is 0 Å². The molecule has 204 valence electrons. The molecule has 0 radical (unpaired) electrons. The summed E-state index contributed by atoms with van der Waals surface area (Å²) >= 11 is 3.48. The molecule has 1 amide bonds. The van der Waals surface area contributed by atoms with E-state index in [2.05, 4.69) is 15.9 Å². The minimum Gasteiger partial charge on any atom is -0.497 e. The molecule has 0 aliphatic carbocycles. The molecule has 0 bridgehead atoms. The Kier molecular flexibility index (Phi) is 8.86. The van der Waals surface area contributed by atoms with E-state index in [1.54, 1.807) is 37.5 Å². The number of amides is 1. The maximum absolute atomic E-state index is 13.4. The number of hydrogen-bond acceptors (Lipinski definition) is 5. The number of ether oxygens (including phenoxy) is 2. The Bertz CT molecular complexity index is 1610. The minimum absolute atomic E-state index is 0.255. The van der Waals surface area contributed by atoms with Crippen LogP contribution >= 0.6 is 15.9 Å². The second-order valence-electron chi connectivity index (χ2n) is 9.27. The van der Waals surface area contributed by atoms with E-state index in [-0.39, 0.29) is 11.9 Å². The Labute approximate surface area is 247 Å². The zero-order valence-electron chi connectivity index (χ0n) is 22.3. The maximum Gasteiger partial charge on any atom is 0.336 e. The van der Waals surface area contributed by atoms with Crippen LogP contribution in [-0.4, -0.2) is 29.7 Å². The Morgan fingerprint density at radius 2 is 1.49 bits per heavy atom. The molecule has 0 spiro atoms. The van der Waals surface area contributed by atoms with E-state index in [0.29, 0.717) is 29.2 Å². The van der Waals surface area contributed by atoms with Gasteiger partial charge in [0.05, 0.1) is 18.9 Å². The van der Waals surface area contributed by atoms with Gasteiger partial charge in [-0.25, -0.2) is 9.80 Å². The normalized spacial score (nSPS) is 14.8. The number of esters is 1. The van der Waals surface area contributed by atoms with Gasteiger partial charge < -0.3 is 9.47 Å². The number of carbonyl (C=O) groups excluding carboxylic acids is 2. The van der Waals surface area contributed by atoms with E-state index in [1.807, 2.05) is 84.9 Å². The van der Waals surface area contributed by atoms with E-state index >= 15 is 0 Å². The van der Waals surface area contributed by atoms with E-state index in [0.717, 1.165) is 21.2 Å². The van der Waals surface area contributed by atoms with Crippen molar-refractivity contribution in [2.75, 3.05) is 7.11 Å². The summed E-state index contributed by atoms with van der Waals surface area (Å²) in [4.78, 5) is 26.2. The number of methoxy groups -OCH3 is 1. The summed E-state index contributed by atoms with van der Waals surface area (Å²) in [6.07, 6.45) is 6.80. The number of benzene rings is 4. The van der Waals surface area contributed by atoms with Gasteiger partial charge in [-0.3, -0.25) is 4.79 Å². The molecule has 4 aromatic carbocycles. The monoisotopic (exact) mass is 606 g/mol.